The van der Waals surface area contributed by atoms with Crippen LogP contribution in [0, 0.1) is 5.92 Å². The number of nitrogens with one attached hydrogen (secondary N) is 1. The van der Waals surface area contributed by atoms with Gasteiger partial charge in [0.05, 0.1) is 13.2 Å². The summed E-state index contributed by atoms with van der Waals surface area (Å²) in [7, 11) is 0. The highest BCUT2D eigenvalue weighted by Gasteiger charge is 2.11. The van der Waals surface area contributed by atoms with Gasteiger partial charge in [-0.05, 0) is 30.2 Å². The van der Waals surface area contributed by atoms with Crippen LogP contribution < -0.4 is 10.2 Å². The second kappa shape index (κ2) is 6.76. The molecule has 0 atom stereocenters. The molecule has 3 heteroatoms. The summed E-state index contributed by atoms with van der Waals surface area (Å²) < 4.78 is 5.39. The zero-order valence-electron chi connectivity index (χ0n) is 11.5. The minimum Gasteiger partial charge on any atom is -0.378 e. The lowest BCUT2D eigenvalue weighted by Gasteiger charge is -2.29. The van der Waals surface area contributed by atoms with Crippen molar-refractivity contribution in [1.82, 2.24) is 5.32 Å². The van der Waals surface area contributed by atoms with E-state index in [1.165, 1.54) is 11.3 Å². The average Bonchev–Trinajstić information content (AvgIpc) is 2.40. The lowest BCUT2D eigenvalue weighted by molar-refractivity contribution is 0.122. The topological polar surface area (TPSA) is 24.5 Å². The normalized spacial score (nSPS) is 16.3. The molecule has 1 aromatic rings. The van der Waals surface area contributed by atoms with Gasteiger partial charge in [0.2, 0.25) is 0 Å². The molecule has 100 valence electrons. The Labute approximate surface area is 110 Å². The Morgan fingerprint density at radius 2 is 2.06 bits per heavy atom. The molecule has 1 saturated heterocycles. The highest BCUT2D eigenvalue weighted by Crippen LogP contribution is 2.17. The molecule has 1 N–H and O–H groups in total. The van der Waals surface area contributed by atoms with E-state index in [0.29, 0.717) is 5.92 Å². The smallest absolute Gasteiger partial charge is 0.0642 e. The van der Waals surface area contributed by atoms with Gasteiger partial charge in [0, 0.05) is 25.3 Å². The Hall–Kier alpha value is -1.06. The Bertz CT molecular complexity index is 359. The summed E-state index contributed by atoms with van der Waals surface area (Å²) in [5.74, 6) is 0.701. The minimum atomic E-state index is 0.701. The van der Waals surface area contributed by atoms with E-state index in [2.05, 4.69) is 48.3 Å². The van der Waals surface area contributed by atoms with Crippen molar-refractivity contribution in [3.05, 3.63) is 29.8 Å². The van der Waals surface area contributed by atoms with Crippen LogP contribution in [0.1, 0.15) is 19.4 Å². The fourth-order valence-corrected chi connectivity index (χ4v) is 2.19. The second-order valence-electron chi connectivity index (χ2n) is 5.29. The van der Waals surface area contributed by atoms with E-state index < -0.39 is 0 Å². The molecular weight excluding hydrogens is 224 g/mol. The van der Waals surface area contributed by atoms with E-state index in [1.807, 2.05) is 0 Å². The molecule has 3 nitrogen and oxygen atoms in total. The zero-order chi connectivity index (χ0) is 12.8. The van der Waals surface area contributed by atoms with E-state index in [0.717, 1.165) is 39.4 Å². The summed E-state index contributed by atoms with van der Waals surface area (Å²) in [5, 5.41) is 3.49. The number of ether oxygens (including phenoxy) is 1. The Morgan fingerprint density at radius 1 is 1.28 bits per heavy atom. The molecule has 1 aliphatic heterocycles. The minimum absolute atomic E-state index is 0.701. The van der Waals surface area contributed by atoms with Crippen molar-refractivity contribution in [1.29, 1.82) is 0 Å². The SMILES string of the molecule is CC(C)CNCc1cccc(N2CCOCC2)c1. The summed E-state index contributed by atoms with van der Waals surface area (Å²) in [4.78, 5) is 2.40. The maximum Gasteiger partial charge on any atom is 0.0642 e. The quantitative estimate of drug-likeness (QED) is 0.865. The summed E-state index contributed by atoms with van der Waals surface area (Å²) in [6.45, 7) is 10.2. The van der Waals surface area contributed by atoms with Crippen LogP contribution in [0.3, 0.4) is 0 Å². The highest BCUT2D eigenvalue weighted by molar-refractivity contribution is 5.48. The number of rotatable bonds is 5. The third kappa shape index (κ3) is 4.00. The molecule has 0 radical (unpaired) electrons. The molecule has 1 aliphatic rings. The van der Waals surface area contributed by atoms with Crippen molar-refractivity contribution >= 4 is 5.69 Å². The third-order valence-corrected chi connectivity index (χ3v) is 3.17. The van der Waals surface area contributed by atoms with Crippen LogP contribution in [0.25, 0.3) is 0 Å². The first-order valence-electron chi connectivity index (χ1n) is 6.88. The molecule has 0 saturated carbocycles. The predicted molar refractivity (Wildman–Crippen MR) is 76.0 cm³/mol. The van der Waals surface area contributed by atoms with Crippen molar-refractivity contribution < 1.29 is 4.74 Å². The molecule has 0 amide bonds. The first-order valence-corrected chi connectivity index (χ1v) is 6.88. The first-order chi connectivity index (χ1) is 8.75. The van der Waals surface area contributed by atoms with Gasteiger partial charge in [-0.15, -0.1) is 0 Å². The highest BCUT2D eigenvalue weighted by atomic mass is 16.5. The van der Waals surface area contributed by atoms with Gasteiger partial charge in [-0.25, -0.2) is 0 Å². The molecule has 0 spiro atoms. The van der Waals surface area contributed by atoms with Gasteiger partial charge in [0.15, 0.2) is 0 Å². The maximum atomic E-state index is 5.39. The van der Waals surface area contributed by atoms with Crippen LogP contribution in [0.5, 0.6) is 0 Å². The van der Waals surface area contributed by atoms with Gasteiger partial charge in [-0.1, -0.05) is 26.0 Å². The van der Waals surface area contributed by atoms with E-state index in [1.54, 1.807) is 0 Å². The van der Waals surface area contributed by atoms with Gasteiger partial charge in [0.25, 0.3) is 0 Å². The fourth-order valence-electron chi connectivity index (χ4n) is 2.19. The molecule has 1 heterocycles. The predicted octanol–water partition coefficient (Wildman–Crippen LogP) is 2.27. The molecule has 1 fully saturated rings. The Kier molecular flexibility index (Phi) is 5.02. The van der Waals surface area contributed by atoms with Gasteiger partial charge >= 0.3 is 0 Å². The summed E-state index contributed by atoms with van der Waals surface area (Å²) >= 11 is 0. The monoisotopic (exact) mass is 248 g/mol. The fraction of sp³-hybridized carbons (Fsp3) is 0.600. The van der Waals surface area contributed by atoms with Crippen LogP contribution in [-0.4, -0.2) is 32.8 Å². The first kappa shape index (κ1) is 13.4. The van der Waals surface area contributed by atoms with Gasteiger partial charge in [0.1, 0.15) is 0 Å². The number of anilines is 1. The largest absolute Gasteiger partial charge is 0.378 e. The molecule has 0 unspecified atom stereocenters. The number of benzene rings is 1. The third-order valence-electron chi connectivity index (χ3n) is 3.17. The molecule has 0 bridgehead atoms. The molecule has 2 rings (SSSR count). The van der Waals surface area contributed by atoms with Gasteiger partial charge in [-0.3, -0.25) is 0 Å². The molecular formula is C15H24N2O. The number of hydrogen-bond acceptors (Lipinski definition) is 3. The molecule has 0 aliphatic carbocycles. The van der Waals surface area contributed by atoms with E-state index in [4.69, 9.17) is 4.74 Å². The number of hydrogen-bond donors (Lipinski definition) is 1. The standard InChI is InChI=1S/C15H24N2O/c1-13(2)11-16-12-14-4-3-5-15(10-14)17-6-8-18-9-7-17/h3-5,10,13,16H,6-9,11-12H2,1-2H3. The van der Waals surface area contributed by atoms with Gasteiger partial charge in [-0.2, -0.15) is 0 Å². The van der Waals surface area contributed by atoms with Crippen molar-refractivity contribution in [2.75, 3.05) is 37.7 Å². The van der Waals surface area contributed by atoms with Crippen molar-refractivity contribution in [3.8, 4) is 0 Å². The van der Waals surface area contributed by atoms with E-state index >= 15 is 0 Å². The Balaban J connectivity index is 1.91. The Morgan fingerprint density at radius 3 is 2.78 bits per heavy atom. The van der Waals surface area contributed by atoms with Crippen molar-refractivity contribution in [3.63, 3.8) is 0 Å². The second-order valence-corrected chi connectivity index (χ2v) is 5.29. The molecule has 0 aromatic heterocycles. The lowest BCUT2D eigenvalue weighted by Crippen LogP contribution is -2.36. The molecule has 18 heavy (non-hydrogen) atoms. The summed E-state index contributed by atoms with van der Waals surface area (Å²) in [6.07, 6.45) is 0. The van der Waals surface area contributed by atoms with E-state index in [9.17, 15) is 0 Å². The maximum absolute atomic E-state index is 5.39. The van der Waals surface area contributed by atoms with Gasteiger partial charge < -0.3 is 15.0 Å². The summed E-state index contributed by atoms with van der Waals surface area (Å²) in [6, 6.07) is 8.82. The van der Waals surface area contributed by atoms with Crippen LogP contribution >= 0.6 is 0 Å². The van der Waals surface area contributed by atoms with Crippen molar-refractivity contribution in [2.45, 2.75) is 20.4 Å². The zero-order valence-corrected chi connectivity index (χ0v) is 11.5. The van der Waals surface area contributed by atoms with Crippen molar-refractivity contribution in [2.24, 2.45) is 5.92 Å². The van der Waals surface area contributed by atoms with Crippen LogP contribution in [0.2, 0.25) is 0 Å². The van der Waals surface area contributed by atoms with E-state index in [-0.39, 0.29) is 0 Å². The number of nitrogens with zero attached hydrogens (tertiary/aromatic N) is 1. The average molecular weight is 248 g/mol. The lowest BCUT2D eigenvalue weighted by atomic mass is 10.1. The number of morpholine rings is 1. The van der Waals surface area contributed by atoms with Crippen LogP contribution in [0.15, 0.2) is 24.3 Å². The van der Waals surface area contributed by atoms with Crippen LogP contribution in [0.4, 0.5) is 5.69 Å². The summed E-state index contributed by atoms with van der Waals surface area (Å²) in [5.41, 5.74) is 2.68. The molecule has 1 aromatic carbocycles. The van der Waals surface area contributed by atoms with Crippen LogP contribution in [-0.2, 0) is 11.3 Å².